The van der Waals surface area contributed by atoms with Crippen molar-refractivity contribution in [1.29, 1.82) is 0 Å². The van der Waals surface area contributed by atoms with Crippen LogP contribution in [0.5, 0.6) is 0 Å². The van der Waals surface area contributed by atoms with Gasteiger partial charge in [0.2, 0.25) is 5.78 Å². The van der Waals surface area contributed by atoms with E-state index in [1.54, 1.807) is 24.3 Å². The molecule has 0 aliphatic rings. The summed E-state index contributed by atoms with van der Waals surface area (Å²) in [5.74, 6) is 0.413. The molecule has 2 aromatic carbocycles. The molecule has 0 N–H and O–H groups in total. The van der Waals surface area contributed by atoms with Crippen LogP contribution in [0.15, 0.2) is 60.9 Å². The van der Waals surface area contributed by atoms with Crippen molar-refractivity contribution in [3.05, 3.63) is 76.9 Å². The van der Waals surface area contributed by atoms with Gasteiger partial charge in [0.05, 0.1) is 16.3 Å². The summed E-state index contributed by atoms with van der Waals surface area (Å²) in [6.07, 6.45) is 3.72. The Kier molecular flexibility index (Phi) is 3.35. The van der Waals surface area contributed by atoms with E-state index in [4.69, 9.17) is 0 Å². The summed E-state index contributed by atoms with van der Waals surface area (Å²) in [4.78, 5) is 15.1. The molecule has 0 unspecified atom stereocenters. The van der Waals surface area contributed by atoms with Crippen LogP contribution in [-0.4, -0.2) is 18.9 Å². The number of aromatic nitrogens is 3. The summed E-state index contributed by atoms with van der Waals surface area (Å²) >= 11 is 0. The summed E-state index contributed by atoms with van der Waals surface area (Å²) in [5.41, 5.74) is 3.14. The van der Waals surface area contributed by atoms with Crippen molar-refractivity contribution >= 4 is 11.5 Å². The van der Waals surface area contributed by atoms with Gasteiger partial charge in [-0.1, -0.05) is 12.1 Å². The molecule has 0 radical (unpaired) electrons. The Hall–Kier alpha value is -3.48. The van der Waals surface area contributed by atoms with Crippen LogP contribution in [0, 0.1) is 15.9 Å². The van der Waals surface area contributed by atoms with Crippen molar-refractivity contribution in [2.75, 3.05) is 0 Å². The van der Waals surface area contributed by atoms with Crippen LogP contribution >= 0.6 is 0 Å². The fraction of sp³-hybridized carbons (Fsp3) is 0.0556. The van der Waals surface area contributed by atoms with Crippen LogP contribution in [-0.2, 0) is 7.05 Å². The number of benzene rings is 2. The van der Waals surface area contributed by atoms with Gasteiger partial charge in [-0.2, -0.15) is 0 Å². The van der Waals surface area contributed by atoms with Crippen molar-refractivity contribution in [1.82, 2.24) is 14.0 Å². The summed E-state index contributed by atoms with van der Waals surface area (Å²) < 4.78 is 16.9. The fourth-order valence-corrected chi connectivity index (χ4v) is 2.86. The minimum Gasteiger partial charge on any atom is -0.313 e. The van der Waals surface area contributed by atoms with Gasteiger partial charge in [0.1, 0.15) is 5.82 Å². The van der Waals surface area contributed by atoms with Gasteiger partial charge in [0.15, 0.2) is 0 Å². The number of nitro benzene ring substituents is 1. The van der Waals surface area contributed by atoms with Crippen LogP contribution < -0.4 is 0 Å². The molecule has 0 aliphatic carbocycles. The van der Waals surface area contributed by atoms with Crippen molar-refractivity contribution in [3.63, 3.8) is 0 Å². The molecule has 2 aromatic heterocycles. The lowest BCUT2D eigenvalue weighted by Gasteiger charge is -2.02. The van der Waals surface area contributed by atoms with Gasteiger partial charge in [-0.3, -0.25) is 14.5 Å². The Morgan fingerprint density at radius 3 is 2.52 bits per heavy atom. The normalized spacial score (nSPS) is 11.1. The summed E-state index contributed by atoms with van der Waals surface area (Å²) in [6, 6.07) is 12.6. The van der Waals surface area contributed by atoms with Crippen molar-refractivity contribution < 1.29 is 9.31 Å². The summed E-state index contributed by atoms with van der Waals surface area (Å²) in [6.45, 7) is 0. The third kappa shape index (κ3) is 2.55. The predicted octanol–water partition coefficient (Wildman–Crippen LogP) is 4.05. The van der Waals surface area contributed by atoms with Gasteiger partial charge in [0.25, 0.3) is 5.69 Å². The van der Waals surface area contributed by atoms with E-state index >= 15 is 0 Å². The standard InChI is InChI=1S/C18H13FN4O2/c1-21-17(12-5-7-14(19)8-6-12)11-22-10-16(20-18(21)22)13-3-2-4-15(9-13)23(24)25/h2-11H,1H3. The first-order valence-electron chi connectivity index (χ1n) is 7.58. The predicted molar refractivity (Wildman–Crippen MR) is 91.6 cm³/mol. The van der Waals surface area contributed by atoms with Gasteiger partial charge in [0, 0.05) is 37.1 Å². The molecule has 0 fully saturated rings. The maximum Gasteiger partial charge on any atom is 0.270 e. The van der Waals surface area contributed by atoms with E-state index in [-0.39, 0.29) is 11.5 Å². The zero-order valence-electron chi connectivity index (χ0n) is 13.3. The molecule has 2 heterocycles. The second-order valence-electron chi connectivity index (χ2n) is 5.72. The number of nitro groups is 1. The highest BCUT2D eigenvalue weighted by Crippen LogP contribution is 2.27. The Morgan fingerprint density at radius 2 is 1.84 bits per heavy atom. The SMILES string of the molecule is Cn1c(-c2ccc(F)cc2)cn2cc(-c3cccc([N+](=O)[O-])c3)nc12. The molecule has 0 saturated carbocycles. The van der Waals surface area contributed by atoms with Crippen LogP contribution in [0.25, 0.3) is 28.3 Å². The van der Waals surface area contributed by atoms with E-state index in [1.807, 2.05) is 28.4 Å². The zero-order chi connectivity index (χ0) is 17.6. The number of rotatable bonds is 3. The van der Waals surface area contributed by atoms with E-state index < -0.39 is 4.92 Å². The number of aryl methyl sites for hydroxylation is 1. The topological polar surface area (TPSA) is 65.4 Å². The monoisotopic (exact) mass is 336 g/mol. The lowest BCUT2D eigenvalue weighted by atomic mass is 10.1. The van der Waals surface area contributed by atoms with Crippen LogP contribution in [0.3, 0.4) is 0 Å². The molecule has 0 bridgehead atoms. The summed E-state index contributed by atoms with van der Waals surface area (Å²) in [5, 5.41) is 10.9. The molecular formula is C18H13FN4O2. The average Bonchev–Trinajstić information content (AvgIpc) is 3.16. The van der Waals surface area contributed by atoms with E-state index in [0.29, 0.717) is 17.0 Å². The fourth-order valence-electron chi connectivity index (χ4n) is 2.86. The molecule has 0 amide bonds. The van der Waals surface area contributed by atoms with Gasteiger partial charge in [-0.05, 0) is 29.8 Å². The average molecular weight is 336 g/mol. The summed E-state index contributed by atoms with van der Waals surface area (Å²) in [7, 11) is 1.87. The van der Waals surface area contributed by atoms with Crippen LogP contribution in [0.1, 0.15) is 0 Å². The van der Waals surface area contributed by atoms with E-state index in [9.17, 15) is 14.5 Å². The molecular weight excluding hydrogens is 323 g/mol. The van der Waals surface area contributed by atoms with E-state index in [0.717, 1.165) is 11.3 Å². The second-order valence-corrected chi connectivity index (χ2v) is 5.72. The number of nitrogens with zero attached hydrogens (tertiary/aromatic N) is 4. The van der Waals surface area contributed by atoms with E-state index in [1.165, 1.54) is 24.3 Å². The minimum atomic E-state index is -0.425. The smallest absolute Gasteiger partial charge is 0.270 e. The third-order valence-corrected chi connectivity index (χ3v) is 4.13. The first-order chi connectivity index (χ1) is 12.0. The van der Waals surface area contributed by atoms with Crippen LogP contribution in [0.4, 0.5) is 10.1 Å². The minimum absolute atomic E-state index is 0.0292. The largest absolute Gasteiger partial charge is 0.313 e. The zero-order valence-corrected chi connectivity index (χ0v) is 13.3. The van der Waals surface area contributed by atoms with Crippen molar-refractivity contribution in [3.8, 4) is 22.5 Å². The van der Waals surface area contributed by atoms with E-state index in [2.05, 4.69) is 4.98 Å². The highest BCUT2D eigenvalue weighted by atomic mass is 19.1. The van der Waals surface area contributed by atoms with Crippen molar-refractivity contribution in [2.45, 2.75) is 0 Å². The molecule has 124 valence electrons. The quantitative estimate of drug-likeness (QED) is 0.419. The third-order valence-electron chi connectivity index (χ3n) is 4.13. The lowest BCUT2D eigenvalue weighted by molar-refractivity contribution is -0.384. The number of hydrogen-bond donors (Lipinski definition) is 0. The molecule has 4 aromatic rings. The highest BCUT2D eigenvalue weighted by molar-refractivity contribution is 5.68. The molecule has 0 aliphatic heterocycles. The molecule has 4 rings (SSSR count). The van der Waals surface area contributed by atoms with Gasteiger partial charge in [-0.15, -0.1) is 0 Å². The molecule has 25 heavy (non-hydrogen) atoms. The van der Waals surface area contributed by atoms with Gasteiger partial charge in [-0.25, -0.2) is 9.37 Å². The molecule has 0 spiro atoms. The van der Waals surface area contributed by atoms with Gasteiger partial charge < -0.3 is 4.57 Å². The molecule has 7 heteroatoms. The number of halogens is 1. The molecule has 6 nitrogen and oxygen atoms in total. The first kappa shape index (κ1) is 15.1. The Bertz CT molecular complexity index is 1100. The Morgan fingerprint density at radius 1 is 1.08 bits per heavy atom. The number of imidazole rings is 2. The number of fused-ring (bicyclic) bond motifs is 1. The first-order valence-corrected chi connectivity index (χ1v) is 7.58. The van der Waals surface area contributed by atoms with Gasteiger partial charge >= 0.3 is 0 Å². The maximum absolute atomic E-state index is 13.1. The Labute approximate surface area is 141 Å². The number of non-ortho nitro benzene ring substituents is 1. The number of hydrogen-bond acceptors (Lipinski definition) is 3. The highest BCUT2D eigenvalue weighted by Gasteiger charge is 2.14. The van der Waals surface area contributed by atoms with Crippen LogP contribution in [0.2, 0.25) is 0 Å². The lowest BCUT2D eigenvalue weighted by Crippen LogP contribution is -1.93. The molecule has 0 saturated heterocycles. The second kappa shape index (κ2) is 5.55. The maximum atomic E-state index is 13.1. The van der Waals surface area contributed by atoms with Crippen molar-refractivity contribution in [2.24, 2.45) is 7.05 Å². The Balaban J connectivity index is 1.79. The molecule has 0 atom stereocenters.